The molecule has 27 aromatic rings. The van der Waals surface area contributed by atoms with Crippen molar-refractivity contribution in [2.24, 2.45) is 0 Å². The summed E-state index contributed by atoms with van der Waals surface area (Å²) < 4.78 is 24.7. The van der Waals surface area contributed by atoms with E-state index in [1.165, 1.54) is 40.3 Å². The van der Waals surface area contributed by atoms with Crippen LogP contribution in [0.1, 0.15) is 0 Å². The number of pyridine rings is 6. The number of hydrogen-bond donors (Lipinski definition) is 0. The van der Waals surface area contributed by atoms with Gasteiger partial charge in [-0.25, -0.2) is 49.2 Å². The zero-order chi connectivity index (χ0) is 91.1. The number of aromatic nitrogens is 16. The van der Waals surface area contributed by atoms with Crippen molar-refractivity contribution in [2.75, 3.05) is 4.90 Å². The molecule has 0 fully saturated rings. The monoisotopic (exact) mass is 1760 g/mol. The summed E-state index contributed by atoms with van der Waals surface area (Å²) in [5.74, 6) is -0.410. The van der Waals surface area contributed by atoms with Gasteiger partial charge >= 0.3 is 0 Å². The van der Waals surface area contributed by atoms with Gasteiger partial charge in [-0.2, -0.15) is 0 Å². The summed E-state index contributed by atoms with van der Waals surface area (Å²) in [5.41, 5.74) is 30.8. The molecule has 0 unspecified atom stereocenters. The van der Waals surface area contributed by atoms with Gasteiger partial charge in [-0.15, -0.1) is 0 Å². The van der Waals surface area contributed by atoms with E-state index in [2.05, 4.69) is 325 Å². The number of hydrogen-bond acceptors (Lipinski definition) is 16. The molecule has 18 nitrogen and oxygen atoms in total. The molecule has 0 aliphatic heterocycles. The van der Waals surface area contributed by atoms with Crippen molar-refractivity contribution in [3.63, 3.8) is 0 Å². The Morgan fingerprint density at radius 3 is 1.52 bits per heavy atom. The Kier molecular flexibility index (Phi) is 21.0. The normalized spacial score (nSPS) is 11.4. The summed E-state index contributed by atoms with van der Waals surface area (Å²) in [6, 6.07) is 118. The quantitative estimate of drug-likeness (QED) is 0.104. The highest BCUT2D eigenvalue weighted by molar-refractivity contribution is 6.23. The molecule has 0 N–H and O–H groups in total. The van der Waals surface area contributed by atoms with Crippen LogP contribution in [0, 0.1) is 5.82 Å². The third kappa shape index (κ3) is 14.9. The first-order valence-corrected chi connectivity index (χ1v) is 44.8. The van der Waals surface area contributed by atoms with E-state index < -0.39 is 5.82 Å². The minimum atomic E-state index is -0.410. The van der Waals surface area contributed by atoms with Gasteiger partial charge in [0.25, 0.3) is 0 Å². The molecule has 0 saturated carbocycles. The number of furan rings is 1. The molecule has 27 rings (SSSR count). The van der Waals surface area contributed by atoms with Crippen LogP contribution in [0.2, 0.25) is 0 Å². The molecule has 0 aliphatic rings. The zero-order valence-electron chi connectivity index (χ0n) is 73.1. The van der Waals surface area contributed by atoms with E-state index in [0.717, 1.165) is 205 Å². The molecule has 14 aromatic carbocycles. The van der Waals surface area contributed by atoms with Gasteiger partial charge in [0.15, 0.2) is 0 Å². The van der Waals surface area contributed by atoms with E-state index in [-0.39, 0.29) is 0 Å². The number of nitrogens with zero attached hydrogens (tertiary/aromatic N) is 17. The number of para-hydroxylation sites is 7. The fourth-order valence-corrected chi connectivity index (χ4v) is 19.1. The summed E-state index contributed by atoms with van der Waals surface area (Å²) in [4.78, 5) is 65.5. The molecule has 0 amide bonds. The molecule has 13 aromatic heterocycles. The van der Waals surface area contributed by atoms with Gasteiger partial charge < -0.3 is 18.5 Å². The summed E-state index contributed by atoms with van der Waals surface area (Å²) >= 11 is 0. The number of benzene rings is 14. The first-order valence-electron chi connectivity index (χ1n) is 44.8. The average molecular weight is 1770 g/mol. The first-order chi connectivity index (χ1) is 67.9. The lowest BCUT2D eigenvalue weighted by molar-refractivity contribution is 0.617. The van der Waals surface area contributed by atoms with Crippen LogP contribution in [0.4, 0.5) is 21.5 Å². The van der Waals surface area contributed by atoms with Crippen molar-refractivity contribution in [3.8, 4) is 89.4 Å². The van der Waals surface area contributed by atoms with Crippen LogP contribution in [0.25, 0.3) is 220 Å². The number of halogens is 1. The second-order valence-electron chi connectivity index (χ2n) is 33.0. The summed E-state index contributed by atoms with van der Waals surface area (Å²) in [6.07, 6.45) is 29.6. The molecular weight excluding hydrogens is 1690 g/mol. The molecule has 644 valence electrons. The predicted molar refractivity (Wildman–Crippen MR) is 549 cm³/mol. The highest BCUT2D eigenvalue weighted by Gasteiger charge is 2.27. The number of anilines is 3. The Labute approximate surface area is 782 Å². The Hall–Kier alpha value is -19.0. The van der Waals surface area contributed by atoms with Crippen molar-refractivity contribution in [3.05, 3.63) is 458 Å². The molecular formula is C118H74FN17O. The summed E-state index contributed by atoms with van der Waals surface area (Å²) in [7, 11) is 0. The van der Waals surface area contributed by atoms with E-state index in [0.29, 0.717) is 10.9 Å². The first kappa shape index (κ1) is 81.2. The molecule has 0 aliphatic carbocycles. The maximum Gasteiger partial charge on any atom is 0.142 e. The van der Waals surface area contributed by atoms with E-state index in [1.54, 1.807) is 43.8 Å². The van der Waals surface area contributed by atoms with Crippen molar-refractivity contribution >= 4 is 148 Å². The maximum atomic E-state index is 14.3. The zero-order valence-corrected chi connectivity index (χ0v) is 73.1. The van der Waals surface area contributed by atoms with Crippen molar-refractivity contribution in [1.29, 1.82) is 0 Å². The minimum absolute atomic E-state index is 0.410. The van der Waals surface area contributed by atoms with Crippen LogP contribution in [-0.2, 0) is 0 Å². The fourth-order valence-electron chi connectivity index (χ4n) is 19.1. The van der Waals surface area contributed by atoms with Gasteiger partial charge in [0.05, 0.1) is 78.8 Å². The molecule has 0 saturated heterocycles. The van der Waals surface area contributed by atoms with Gasteiger partial charge in [-0.3, -0.25) is 24.9 Å². The van der Waals surface area contributed by atoms with Crippen LogP contribution in [0.3, 0.4) is 0 Å². The van der Waals surface area contributed by atoms with Gasteiger partial charge in [-0.05, 0) is 162 Å². The Balaban J connectivity index is 0.000000100. The molecule has 0 radical (unpaired) electrons. The lowest BCUT2D eigenvalue weighted by atomic mass is 9.88. The molecule has 0 bridgehead atoms. The largest absolute Gasteiger partial charge is 0.464 e. The topological polar surface area (TPSA) is 207 Å². The molecule has 0 spiro atoms. The standard InChI is InChI=1S/C34H21N5.C31H20N4.C29H20N4.C24H13FN4O/c1-2-7-24(8-3-1)39-29-11-5-4-9-25(29)27-19-23(12-13-30(27)39)32-31(22-14-17-35-18-15-22)26-10-6-16-37-33(26)28-20-36-21-38-34(28)32;1-3-9-21(10-4-1)28-16-15-22-17-25(31-26(30(22)34-28)18-32-20-33-31)27-19-35(23-11-5-2-6-12-23)29-14-8-7-13-24(27)29;1-3-8-22(9-4-1)33(23-10-5-2-6-11-23)24-15-13-21(14-16-24)26-18-28-25(12-7-17-31-28)27-19-30-20-32-29(26)27;25-15-8-17-21(14-4-3-7-26-9-14)22(19-12-30-20-6-2-1-5-16(19)20)24-18(11-27-13-29-24)23(17)28-10-15/h1-21H;1-20H;1-20H;1-13H. The third-order valence-electron chi connectivity index (χ3n) is 25.2. The SMILES string of the molecule is Fc1cnc2c(c1)c(-c1cccnc1)c(-c1coc3ccccc13)c1ncncc12.c1ccc(-c2ccc3cc(-c4cn(-c5ccccc5)c5ccccc45)c4ncncc4c3n2)cc1.c1ccc(-n2c3ccccc3c3cc(-c4c(-c5ccncc5)c5cccnc5c5cncnc45)ccc32)cc1.c1ccc(N(c2ccccc2)c2ccc(-c3cc4ncccc4c4cncnc34)cc2)cc1. The number of fused-ring (bicyclic) bond motifs is 17. The highest BCUT2D eigenvalue weighted by atomic mass is 19.1. The molecule has 19 heteroatoms. The predicted octanol–water partition coefficient (Wildman–Crippen LogP) is 28.6. The van der Waals surface area contributed by atoms with Crippen LogP contribution in [0.15, 0.2) is 456 Å². The van der Waals surface area contributed by atoms with E-state index in [4.69, 9.17) is 24.4 Å². The van der Waals surface area contributed by atoms with E-state index in [9.17, 15) is 4.39 Å². The second kappa shape index (κ2) is 35.4. The van der Waals surface area contributed by atoms with Gasteiger partial charge in [-0.1, -0.05) is 200 Å². The molecule has 0 atom stereocenters. The second-order valence-corrected chi connectivity index (χ2v) is 33.0. The van der Waals surface area contributed by atoms with Gasteiger partial charge in [0.2, 0.25) is 0 Å². The summed E-state index contributed by atoms with van der Waals surface area (Å²) in [6.45, 7) is 0. The summed E-state index contributed by atoms with van der Waals surface area (Å²) in [5, 5.41) is 12.1. The molecule has 137 heavy (non-hydrogen) atoms. The Bertz CT molecular complexity index is 9210. The van der Waals surface area contributed by atoms with Gasteiger partial charge in [0, 0.05) is 217 Å². The lowest BCUT2D eigenvalue weighted by Gasteiger charge is -2.25. The lowest BCUT2D eigenvalue weighted by Crippen LogP contribution is -2.09. The van der Waals surface area contributed by atoms with Crippen LogP contribution in [-0.4, -0.2) is 78.9 Å². The smallest absolute Gasteiger partial charge is 0.142 e. The Morgan fingerprint density at radius 2 is 0.810 bits per heavy atom. The maximum absolute atomic E-state index is 14.3. The van der Waals surface area contributed by atoms with Crippen LogP contribution >= 0.6 is 0 Å². The Morgan fingerprint density at radius 1 is 0.263 bits per heavy atom. The van der Waals surface area contributed by atoms with Crippen LogP contribution < -0.4 is 4.90 Å². The fraction of sp³-hybridized carbons (Fsp3) is 0. The van der Waals surface area contributed by atoms with Crippen molar-refractivity contribution in [2.45, 2.75) is 0 Å². The number of rotatable bonds is 12. The highest BCUT2D eigenvalue weighted by Crippen LogP contribution is 2.49. The van der Waals surface area contributed by atoms with Crippen molar-refractivity contribution < 1.29 is 8.81 Å². The third-order valence-corrected chi connectivity index (χ3v) is 25.2. The van der Waals surface area contributed by atoms with Crippen molar-refractivity contribution in [1.82, 2.24) is 78.9 Å². The average Bonchev–Trinajstić information content (AvgIpc) is 1.71. The van der Waals surface area contributed by atoms with E-state index >= 15 is 0 Å². The van der Waals surface area contributed by atoms with Crippen LogP contribution in [0.5, 0.6) is 0 Å². The van der Waals surface area contributed by atoms with Gasteiger partial charge in [0.1, 0.15) is 36.7 Å². The minimum Gasteiger partial charge on any atom is -0.464 e. The van der Waals surface area contributed by atoms with E-state index in [1.807, 2.05) is 128 Å². The molecule has 13 heterocycles.